The van der Waals surface area contributed by atoms with Crippen molar-refractivity contribution < 1.29 is 9.72 Å². The maximum atomic E-state index is 12.4. The Morgan fingerprint density at radius 1 is 1.26 bits per heavy atom. The Balaban J connectivity index is 1.67. The van der Waals surface area contributed by atoms with E-state index in [4.69, 9.17) is 0 Å². The van der Waals surface area contributed by atoms with Gasteiger partial charge in [-0.3, -0.25) is 14.9 Å². The Kier molecular flexibility index (Phi) is 4.18. The van der Waals surface area contributed by atoms with E-state index in [0.717, 1.165) is 6.42 Å². The van der Waals surface area contributed by atoms with E-state index in [1.54, 1.807) is 17.0 Å². The number of carbonyl (C=O) groups excluding carboxylic acids is 1. The minimum atomic E-state index is -0.461. The number of aromatic nitrogens is 1. The molecule has 1 amide bonds. The monoisotopic (exact) mass is 312 g/mol. The highest BCUT2D eigenvalue weighted by Crippen LogP contribution is 2.24. The summed E-state index contributed by atoms with van der Waals surface area (Å²) in [5.74, 6) is 0.224. The Morgan fingerprint density at radius 2 is 2.04 bits per heavy atom. The maximum Gasteiger partial charge on any atom is 0.311 e. The fourth-order valence-corrected chi connectivity index (χ4v) is 2.67. The summed E-state index contributed by atoms with van der Waals surface area (Å²) in [6, 6.07) is 12.0. The van der Waals surface area contributed by atoms with Crippen molar-refractivity contribution in [3.8, 4) is 0 Å². The highest BCUT2D eigenvalue weighted by atomic mass is 16.6. The molecule has 1 aliphatic rings. The first-order chi connectivity index (χ1) is 11.1. The quantitative estimate of drug-likeness (QED) is 0.691. The zero-order valence-electron chi connectivity index (χ0n) is 12.4. The summed E-state index contributed by atoms with van der Waals surface area (Å²) in [7, 11) is 0. The molecular formula is C16H16N4O3. The van der Waals surface area contributed by atoms with E-state index in [1.165, 1.54) is 18.3 Å². The van der Waals surface area contributed by atoms with Crippen LogP contribution in [-0.2, 0) is 0 Å². The smallest absolute Gasteiger partial charge is 0.311 e. The molecule has 1 aromatic carbocycles. The number of amides is 1. The van der Waals surface area contributed by atoms with Gasteiger partial charge in [-0.2, -0.15) is 0 Å². The Bertz CT molecular complexity index is 720. The van der Waals surface area contributed by atoms with Crippen molar-refractivity contribution in [2.45, 2.75) is 12.5 Å². The molecule has 0 saturated carbocycles. The van der Waals surface area contributed by atoms with Crippen LogP contribution in [0.2, 0.25) is 0 Å². The lowest BCUT2D eigenvalue weighted by Gasteiger charge is -2.17. The van der Waals surface area contributed by atoms with Gasteiger partial charge in [-0.05, 0) is 24.6 Å². The Hall–Kier alpha value is -2.96. The van der Waals surface area contributed by atoms with Crippen molar-refractivity contribution in [1.82, 2.24) is 9.88 Å². The molecule has 1 aromatic heterocycles. The maximum absolute atomic E-state index is 12.4. The minimum absolute atomic E-state index is 0.0228. The summed E-state index contributed by atoms with van der Waals surface area (Å²) in [4.78, 5) is 28.7. The van der Waals surface area contributed by atoms with Gasteiger partial charge in [0.15, 0.2) is 0 Å². The van der Waals surface area contributed by atoms with Gasteiger partial charge in [0.1, 0.15) is 0 Å². The largest absolute Gasteiger partial charge is 0.360 e. The number of hydrogen-bond acceptors (Lipinski definition) is 5. The number of benzene rings is 1. The van der Waals surface area contributed by atoms with Crippen LogP contribution < -0.4 is 5.32 Å². The van der Waals surface area contributed by atoms with Gasteiger partial charge in [-0.25, -0.2) is 4.98 Å². The van der Waals surface area contributed by atoms with Crippen LogP contribution in [0.1, 0.15) is 16.8 Å². The first-order valence-corrected chi connectivity index (χ1v) is 7.35. The molecule has 0 aliphatic carbocycles. The predicted octanol–water partition coefficient (Wildman–Crippen LogP) is 2.32. The van der Waals surface area contributed by atoms with Crippen molar-refractivity contribution in [2.24, 2.45) is 0 Å². The first kappa shape index (κ1) is 15.0. The molecule has 1 aliphatic heterocycles. The molecule has 0 bridgehead atoms. The third-order valence-electron chi connectivity index (χ3n) is 3.82. The molecule has 2 heterocycles. The van der Waals surface area contributed by atoms with Crippen molar-refractivity contribution in [3.05, 3.63) is 64.3 Å². The second-order valence-corrected chi connectivity index (χ2v) is 5.38. The number of anilines is 1. The highest BCUT2D eigenvalue weighted by Gasteiger charge is 2.28. The topological polar surface area (TPSA) is 88.4 Å². The summed E-state index contributed by atoms with van der Waals surface area (Å²) >= 11 is 0. The van der Waals surface area contributed by atoms with Gasteiger partial charge < -0.3 is 10.2 Å². The molecule has 1 atom stereocenters. The molecule has 2 aromatic rings. The van der Waals surface area contributed by atoms with Crippen LogP contribution in [0.15, 0.2) is 48.7 Å². The summed E-state index contributed by atoms with van der Waals surface area (Å²) < 4.78 is 0. The van der Waals surface area contributed by atoms with Crippen LogP contribution in [0.5, 0.6) is 0 Å². The van der Waals surface area contributed by atoms with Gasteiger partial charge in [-0.15, -0.1) is 0 Å². The molecular weight excluding hydrogens is 296 g/mol. The van der Waals surface area contributed by atoms with Crippen LogP contribution >= 0.6 is 0 Å². The van der Waals surface area contributed by atoms with Gasteiger partial charge in [0.2, 0.25) is 5.82 Å². The number of nitrogens with one attached hydrogen (secondary N) is 1. The minimum Gasteiger partial charge on any atom is -0.360 e. The molecule has 1 fully saturated rings. The van der Waals surface area contributed by atoms with Gasteiger partial charge in [0, 0.05) is 37.0 Å². The van der Waals surface area contributed by atoms with Crippen LogP contribution in [0, 0.1) is 10.1 Å². The fourth-order valence-electron chi connectivity index (χ4n) is 2.67. The summed E-state index contributed by atoms with van der Waals surface area (Å²) in [6.45, 7) is 1.12. The number of pyridine rings is 1. The van der Waals surface area contributed by atoms with Crippen LogP contribution in [0.25, 0.3) is 0 Å². The molecule has 0 radical (unpaired) electrons. The van der Waals surface area contributed by atoms with E-state index in [9.17, 15) is 14.9 Å². The van der Waals surface area contributed by atoms with E-state index < -0.39 is 4.92 Å². The Morgan fingerprint density at radius 3 is 2.78 bits per heavy atom. The van der Waals surface area contributed by atoms with Crippen molar-refractivity contribution in [2.75, 3.05) is 18.4 Å². The zero-order valence-corrected chi connectivity index (χ0v) is 12.4. The summed E-state index contributed by atoms with van der Waals surface area (Å²) in [6.07, 6.45) is 2.24. The van der Waals surface area contributed by atoms with Gasteiger partial charge in [0.05, 0.1) is 4.92 Å². The molecule has 1 unspecified atom stereocenters. The molecule has 1 saturated heterocycles. The van der Waals surface area contributed by atoms with Gasteiger partial charge in [-0.1, -0.05) is 18.2 Å². The van der Waals surface area contributed by atoms with Gasteiger partial charge >= 0.3 is 5.69 Å². The van der Waals surface area contributed by atoms with E-state index in [-0.39, 0.29) is 23.5 Å². The third kappa shape index (κ3) is 3.28. The van der Waals surface area contributed by atoms with Crippen molar-refractivity contribution in [1.29, 1.82) is 0 Å². The molecule has 118 valence electrons. The van der Waals surface area contributed by atoms with E-state index in [2.05, 4.69) is 10.3 Å². The average Bonchev–Trinajstić information content (AvgIpc) is 3.04. The highest BCUT2D eigenvalue weighted by molar-refractivity contribution is 5.94. The molecule has 7 nitrogen and oxygen atoms in total. The van der Waals surface area contributed by atoms with E-state index in [1.807, 2.05) is 18.2 Å². The summed E-state index contributed by atoms with van der Waals surface area (Å²) in [5, 5.41) is 14.1. The second kappa shape index (κ2) is 6.43. The number of hydrogen-bond donors (Lipinski definition) is 1. The van der Waals surface area contributed by atoms with E-state index >= 15 is 0 Å². The average molecular weight is 312 g/mol. The van der Waals surface area contributed by atoms with Crippen molar-refractivity contribution >= 4 is 17.4 Å². The number of rotatable bonds is 4. The summed E-state index contributed by atoms with van der Waals surface area (Å²) in [5.41, 5.74) is 0.595. The van der Waals surface area contributed by atoms with Crippen LogP contribution in [0.4, 0.5) is 11.5 Å². The molecule has 23 heavy (non-hydrogen) atoms. The first-order valence-electron chi connectivity index (χ1n) is 7.35. The van der Waals surface area contributed by atoms with Crippen LogP contribution in [0.3, 0.4) is 0 Å². The van der Waals surface area contributed by atoms with E-state index in [0.29, 0.717) is 18.7 Å². The van der Waals surface area contributed by atoms with Crippen LogP contribution in [-0.4, -0.2) is 39.8 Å². The Labute approximate surface area is 133 Å². The molecule has 7 heteroatoms. The normalized spacial score (nSPS) is 17.0. The van der Waals surface area contributed by atoms with Gasteiger partial charge in [0.25, 0.3) is 5.91 Å². The lowest BCUT2D eigenvalue weighted by atomic mass is 10.2. The predicted molar refractivity (Wildman–Crippen MR) is 85.3 cm³/mol. The molecule has 3 rings (SSSR count). The lowest BCUT2D eigenvalue weighted by molar-refractivity contribution is -0.384. The standard InChI is InChI=1S/C16H16N4O3/c21-16(12-5-2-1-3-6-12)19-10-8-13(11-19)18-15-14(20(22)23)7-4-9-17-15/h1-7,9,13H,8,10-11H2,(H,17,18). The molecule has 1 N–H and O–H groups in total. The number of likely N-dealkylation sites (tertiary alicyclic amines) is 1. The second-order valence-electron chi connectivity index (χ2n) is 5.38. The number of carbonyl (C=O) groups is 1. The molecule has 0 spiro atoms. The lowest BCUT2D eigenvalue weighted by Crippen LogP contribution is -2.31. The fraction of sp³-hybridized carbons (Fsp3) is 0.250. The zero-order chi connectivity index (χ0) is 16.2. The van der Waals surface area contributed by atoms with Crippen molar-refractivity contribution in [3.63, 3.8) is 0 Å². The number of nitro groups is 1. The number of nitrogens with zero attached hydrogens (tertiary/aromatic N) is 3. The SMILES string of the molecule is O=C(c1ccccc1)N1CCC(Nc2ncccc2[N+](=O)[O-])C1. The third-order valence-corrected chi connectivity index (χ3v) is 3.82.